The molecule has 1 aromatic rings. The Morgan fingerprint density at radius 3 is 3.06 bits per heavy atom. The van der Waals surface area contributed by atoms with Crippen LogP contribution in [0.2, 0.25) is 0 Å². The fourth-order valence-corrected chi connectivity index (χ4v) is 2.83. The molecular weight excluding hydrogens is 221 g/mol. The summed E-state index contributed by atoms with van der Waals surface area (Å²) in [6, 6.07) is 4.17. The SMILES string of the molecule is O=C(O)[C@H]1Nc2c(F)cccc2[C@H]2C=CC[C@H]12. The molecule has 17 heavy (non-hydrogen) atoms. The van der Waals surface area contributed by atoms with Crippen molar-refractivity contribution < 1.29 is 14.3 Å². The molecule has 1 aliphatic heterocycles. The molecule has 1 aromatic carbocycles. The molecule has 0 radical (unpaired) electrons. The van der Waals surface area contributed by atoms with E-state index >= 15 is 0 Å². The summed E-state index contributed by atoms with van der Waals surface area (Å²) in [6.07, 6.45) is 4.69. The Labute approximate surface area is 98.0 Å². The second-order valence-electron chi connectivity index (χ2n) is 4.52. The van der Waals surface area contributed by atoms with E-state index in [-0.39, 0.29) is 17.7 Å². The van der Waals surface area contributed by atoms with E-state index in [1.165, 1.54) is 6.07 Å². The van der Waals surface area contributed by atoms with Crippen molar-refractivity contribution in [2.24, 2.45) is 5.92 Å². The van der Waals surface area contributed by atoms with Crippen LogP contribution in [-0.4, -0.2) is 17.1 Å². The molecule has 1 heterocycles. The maximum atomic E-state index is 13.7. The van der Waals surface area contributed by atoms with Gasteiger partial charge in [-0.25, -0.2) is 9.18 Å². The van der Waals surface area contributed by atoms with E-state index in [1.807, 2.05) is 18.2 Å². The minimum Gasteiger partial charge on any atom is -0.480 e. The fourth-order valence-electron chi connectivity index (χ4n) is 2.83. The number of fused-ring (bicyclic) bond motifs is 3. The summed E-state index contributed by atoms with van der Waals surface area (Å²) in [4.78, 5) is 11.2. The average molecular weight is 233 g/mol. The van der Waals surface area contributed by atoms with Crippen molar-refractivity contribution in [3.8, 4) is 0 Å². The summed E-state index contributed by atoms with van der Waals surface area (Å²) in [7, 11) is 0. The standard InChI is InChI=1S/C13H12FNO2/c14-10-6-2-5-8-7-3-1-4-9(7)12(13(16)17)15-11(8)10/h1-3,5-7,9,12,15H,4H2,(H,16,17)/t7-,9+,12+/m1/s1. The number of hydrogen-bond donors (Lipinski definition) is 2. The number of anilines is 1. The topological polar surface area (TPSA) is 49.3 Å². The monoisotopic (exact) mass is 233 g/mol. The Bertz CT molecular complexity index is 512. The Morgan fingerprint density at radius 2 is 2.29 bits per heavy atom. The van der Waals surface area contributed by atoms with Gasteiger partial charge in [-0.05, 0) is 18.1 Å². The zero-order valence-electron chi connectivity index (χ0n) is 9.06. The molecule has 0 spiro atoms. The van der Waals surface area contributed by atoms with Crippen molar-refractivity contribution in [3.05, 3.63) is 41.7 Å². The van der Waals surface area contributed by atoms with E-state index < -0.39 is 12.0 Å². The summed E-state index contributed by atoms with van der Waals surface area (Å²) in [5, 5.41) is 12.0. The molecule has 0 fully saturated rings. The van der Waals surface area contributed by atoms with Crippen molar-refractivity contribution in [1.82, 2.24) is 0 Å². The van der Waals surface area contributed by atoms with Crippen LogP contribution < -0.4 is 5.32 Å². The molecule has 88 valence electrons. The maximum Gasteiger partial charge on any atom is 0.326 e. The third-order valence-electron chi connectivity index (χ3n) is 3.61. The van der Waals surface area contributed by atoms with E-state index in [0.29, 0.717) is 5.69 Å². The molecule has 0 saturated carbocycles. The van der Waals surface area contributed by atoms with Gasteiger partial charge in [0.05, 0.1) is 5.69 Å². The zero-order chi connectivity index (χ0) is 12.0. The van der Waals surface area contributed by atoms with E-state index in [4.69, 9.17) is 0 Å². The van der Waals surface area contributed by atoms with Gasteiger partial charge in [-0.15, -0.1) is 0 Å². The van der Waals surface area contributed by atoms with Gasteiger partial charge in [0.15, 0.2) is 0 Å². The first-order chi connectivity index (χ1) is 8.18. The Balaban J connectivity index is 2.12. The molecule has 0 unspecified atom stereocenters. The van der Waals surface area contributed by atoms with Gasteiger partial charge < -0.3 is 10.4 Å². The van der Waals surface area contributed by atoms with Crippen molar-refractivity contribution in [2.45, 2.75) is 18.4 Å². The summed E-state index contributed by atoms with van der Waals surface area (Å²) >= 11 is 0. The Kier molecular flexibility index (Phi) is 2.18. The lowest BCUT2D eigenvalue weighted by Crippen LogP contribution is -2.42. The number of para-hydroxylation sites is 1. The molecule has 3 atom stereocenters. The van der Waals surface area contributed by atoms with E-state index in [2.05, 4.69) is 5.32 Å². The number of aliphatic carboxylic acids is 1. The highest BCUT2D eigenvalue weighted by Crippen LogP contribution is 2.45. The highest BCUT2D eigenvalue weighted by atomic mass is 19.1. The molecule has 2 N–H and O–H groups in total. The van der Waals surface area contributed by atoms with Crippen LogP contribution in [0.25, 0.3) is 0 Å². The third-order valence-corrected chi connectivity index (χ3v) is 3.61. The van der Waals surface area contributed by atoms with E-state index in [1.54, 1.807) is 6.07 Å². The number of rotatable bonds is 1. The fraction of sp³-hybridized carbons (Fsp3) is 0.308. The van der Waals surface area contributed by atoms with Crippen LogP contribution >= 0.6 is 0 Å². The largest absolute Gasteiger partial charge is 0.480 e. The maximum absolute atomic E-state index is 13.7. The number of hydrogen-bond acceptors (Lipinski definition) is 2. The van der Waals surface area contributed by atoms with Crippen LogP contribution in [0.3, 0.4) is 0 Å². The van der Waals surface area contributed by atoms with Crippen molar-refractivity contribution in [1.29, 1.82) is 0 Å². The van der Waals surface area contributed by atoms with Crippen LogP contribution in [0.15, 0.2) is 30.4 Å². The quantitative estimate of drug-likeness (QED) is 0.732. The Hall–Kier alpha value is -1.84. The van der Waals surface area contributed by atoms with E-state index in [0.717, 1.165) is 12.0 Å². The number of benzene rings is 1. The second kappa shape index (κ2) is 3.58. The molecule has 3 rings (SSSR count). The van der Waals surface area contributed by atoms with Gasteiger partial charge in [0, 0.05) is 11.8 Å². The van der Waals surface area contributed by atoms with Gasteiger partial charge in [-0.2, -0.15) is 0 Å². The van der Waals surface area contributed by atoms with Gasteiger partial charge in [0.25, 0.3) is 0 Å². The number of allylic oxidation sites excluding steroid dienone is 2. The lowest BCUT2D eigenvalue weighted by atomic mass is 9.79. The summed E-state index contributed by atoms with van der Waals surface area (Å²) in [6.45, 7) is 0. The highest BCUT2D eigenvalue weighted by molar-refractivity contribution is 5.80. The lowest BCUT2D eigenvalue weighted by molar-refractivity contribution is -0.139. The third kappa shape index (κ3) is 1.44. The minimum absolute atomic E-state index is 0.0122. The predicted octanol–water partition coefficient (Wildman–Crippen LogP) is 2.36. The van der Waals surface area contributed by atoms with Gasteiger partial charge >= 0.3 is 5.97 Å². The minimum atomic E-state index is -0.919. The van der Waals surface area contributed by atoms with Crippen LogP contribution in [0.5, 0.6) is 0 Å². The van der Waals surface area contributed by atoms with E-state index in [9.17, 15) is 14.3 Å². The van der Waals surface area contributed by atoms with Gasteiger partial charge in [-0.3, -0.25) is 0 Å². The summed E-state index contributed by atoms with van der Waals surface area (Å²) < 4.78 is 13.7. The number of carboxylic acids is 1. The number of carbonyl (C=O) groups is 1. The molecule has 0 bridgehead atoms. The van der Waals surface area contributed by atoms with Crippen molar-refractivity contribution in [2.75, 3.05) is 5.32 Å². The number of carboxylic acid groups (broad SMARTS) is 1. The Morgan fingerprint density at radius 1 is 1.47 bits per heavy atom. The number of nitrogens with one attached hydrogen (secondary N) is 1. The van der Waals surface area contributed by atoms with Crippen LogP contribution in [0, 0.1) is 11.7 Å². The van der Waals surface area contributed by atoms with Gasteiger partial charge in [-0.1, -0.05) is 24.3 Å². The average Bonchev–Trinajstić information content (AvgIpc) is 2.77. The molecule has 0 aromatic heterocycles. The summed E-state index contributed by atoms with van der Waals surface area (Å²) in [5.74, 6) is -1.30. The molecule has 1 aliphatic carbocycles. The number of halogens is 1. The van der Waals surface area contributed by atoms with Crippen molar-refractivity contribution in [3.63, 3.8) is 0 Å². The van der Waals surface area contributed by atoms with Gasteiger partial charge in [0.1, 0.15) is 11.9 Å². The molecular formula is C13H12FNO2. The zero-order valence-corrected chi connectivity index (χ0v) is 9.06. The van der Waals surface area contributed by atoms with Crippen LogP contribution in [0.1, 0.15) is 17.9 Å². The van der Waals surface area contributed by atoms with Crippen LogP contribution in [0.4, 0.5) is 10.1 Å². The lowest BCUT2D eigenvalue weighted by Gasteiger charge is -2.34. The molecule has 0 saturated heterocycles. The molecule has 4 heteroatoms. The first-order valence-corrected chi connectivity index (χ1v) is 5.63. The van der Waals surface area contributed by atoms with Crippen molar-refractivity contribution >= 4 is 11.7 Å². The molecule has 3 nitrogen and oxygen atoms in total. The second-order valence-corrected chi connectivity index (χ2v) is 4.52. The summed E-state index contributed by atoms with van der Waals surface area (Å²) in [5.41, 5.74) is 1.20. The van der Waals surface area contributed by atoms with Gasteiger partial charge in [0.2, 0.25) is 0 Å². The first-order valence-electron chi connectivity index (χ1n) is 5.63. The van der Waals surface area contributed by atoms with Crippen LogP contribution in [-0.2, 0) is 4.79 Å². The first kappa shape index (κ1) is 10.3. The smallest absolute Gasteiger partial charge is 0.326 e. The normalized spacial score (nSPS) is 29.4. The molecule has 0 amide bonds. The molecule has 2 aliphatic rings. The highest BCUT2D eigenvalue weighted by Gasteiger charge is 2.41. The predicted molar refractivity (Wildman–Crippen MR) is 61.4 cm³/mol.